The van der Waals surface area contributed by atoms with Gasteiger partial charge in [0.15, 0.2) is 9.84 Å². The van der Waals surface area contributed by atoms with Gasteiger partial charge in [0, 0.05) is 31.1 Å². The third kappa shape index (κ3) is 4.01. The molecule has 1 aliphatic rings. The maximum absolute atomic E-state index is 12.6. The van der Waals surface area contributed by atoms with Crippen LogP contribution in [0.4, 0.5) is 0 Å². The van der Waals surface area contributed by atoms with Crippen LogP contribution in [0.25, 0.3) is 0 Å². The second kappa shape index (κ2) is 7.15. The van der Waals surface area contributed by atoms with Crippen LogP contribution in [0.15, 0.2) is 59.5 Å². The van der Waals surface area contributed by atoms with Gasteiger partial charge in [0.1, 0.15) is 0 Å². The molecule has 2 aromatic carbocycles. The summed E-state index contributed by atoms with van der Waals surface area (Å²) in [6.45, 7) is 2.42. The molecule has 1 heterocycles. The van der Waals surface area contributed by atoms with Crippen LogP contribution in [0.1, 0.15) is 15.9 Å². The minimum atomic E-state index is -3.48. The lowest BCUT2D eigenvalue weighted by Gasteiger charge is -2.27. The number of carbonyl (C=O) groups is 1. The van der Waals surface area contributed by atoms with Gasteiger partial charge >= 0.3 is 0 Å². The van der Waals surface area contributed by atoms with Crippen molar-refractivity contribution in [3.05, 3.63) is 65.7 Å². The number of benzene rings is 2. The van der Waals surface area contributed by atoms with Crippen LogP contribution < -0.4 is 10.6 Å². The topological polar surface area (TPSA) is 75.3 Å². The highest BCUT2D eigenvalue weighted by molar-refractivity contribution is 7.90. The van der Waals surface area contributed by atoms with Gasteiger partial charge in [-0.25, -0.2) is 8.42 Å². The Balaban J connectivity index is 1.72. The van der Waals surface area contributed by atoms with Crippen molar-refractivity contribution in [2.24, 2.45) is 5.92 Å². The number of rotatable bonds is 6. The standard InChI is InChI=1S/C18H20N2O3S/c21-18(20-12-15-10-19-11-15)16-7-4-8-17(9-16)24(22,23)13-14-5-2-1-3-6-14/h1-9,15,19H,10-13H2,(H,20,21). The van der Waals surface area contributed by atoms with Crippen molar-refractivity contribution in [3.8, 4) is 0 Å². The Morgan fingerprint density at radius 2 is 1.83 bits per heavy atom. The molecule has 5 nitrogen and oxygen atoms in total. The Kier molecular flexibility index (Phi) is 4.97. The number of carbonyl (C=O) groups excluding carboxylic acids is 1. The lowest BCUT2D eigenvalue weighted by molar-refractivity contribution is 0.0942. The van der Waals surface area contributed by atoms with E-state index in [1.165, 1.54) is 12.1 Å². The van der Waals surface area contributed by atoms with Gasteiger partial charge in [-0.3, -0.25) is 4.79 Å². The summed E-state index contributed by atoms with van der Waals surface area (Å²) in [4.78, 5) is 12.4. The molecule has 0 bridgehead atoms. The number of sulfone groups is 1. The van der Waals surface area contributed by atoms with Gasteiger partial charge < -0.3 is 10.6 Å². The summed E-state index contributed by atoms with van der Waals surface area (Å²) in [6, 6.07) is 15.2. The van der Waals surface area contributed by atoms with Gasteiger partial charge in [0.2, 0.25) is 0 Å². The third-order valence-corrected chi connectivity index (χ3v) is 5.76. The highest BCUT2D eigenvalue weighted by Gasteiger charge is 2.19. The Morgan fingerprint density at radius 3 is 2.50 bits per heavy atom. The quantitative estimate of drug-likeness (QED) is 0.835. The van der Waals surface area contributed by atoms with Crippen LogP contribution in [0, 0.1) is 5.92 Å². The summed E-state index contributed by atoms with van der Waals surface area (Å²) in [6.07, 6.45) is 0. The molecule has 1 saturated heterocycles. The zero-order valence-electron chi connectivity index (χ0n) is 13.2. The van der Waals surface area contributed by atoms with Crippen LogP contribution in [0.5, 0.6) is 0 Å². The maximum atomic E-state index is 12.6. The van der Waals surface area contributed by atoms with E-state index in [0.29, 0.717) is 18.0 Å². The van der Waals surface area contributed by atoms with Crippen LogP contribution >= 0.6 is 0 Å². The van der Waals surface area contributed by atoms with Crippen LogP contribution in [-0.2, 0) is 15.6 Å². The van der Waals surface area contributed by atoms with E-state index in [1.54, 1.807) is 24.3 Å². The molecule has 0 aliphatic carbocycles. The molecule has 3 rings (SSSR count). The van der Waals surface area contributed by atoms with Gasteiger partial charge in [-0.15, -0.1) is 0 Å². The number of hydrogen-bond acceptors (Lipinski definition) is 4. The lowest BCUT2D eigenvalue weighted by Crippen LogP contribution is -2.48. The molecule has 1 aliphatic heterocycles. The highest BCUT2D eigenvalue weighted by Crippen LogP contribution is 2.18. The average molecular weight is 344 g/mol. The first-order chi connectivity index (χ1) is 11.5. The Bertz CT molecular complexity index is 815. The first-order valence-corrected chi connectivity index (χ1v) is 9.55. The lowest BCUT2D eigenvalue weighted by atomic mass is 10.0. The first-order valence-electron chi connectivity index (χ1n) is 7.90. The summed E-state index contributed by atoms with van der Waals surface area (Å²) < 4.78 is 25.1. The molecule has 2 N–H and O–H groups in total. The molecule has 2 aromatic rings. The average Bonchev–Trinajstić information content (AvgIpc) is 2.54. The molecule has 126 valence electrons. The summed E-state index contributed by atoms with van der Waals surface area (Å²) in [5.74, 6) is 0.143. The van der Waals surface area contributed by atoms with Crippen molar-refractivity contribution in [1.29, 1.82) is 0 Å². The molecule has 1 fully saturated rings. The van der Waals surface area contributed by atoms with Crippen molar-refractivity contribution in [1.82, 2.24) is 10.6 Å². The minimum absolute atomic E-state index is 0.0767. The van der Waals surface area contributed by atoms with E-state index in [-0.39, 0.29) is 16.6 Å². The van der Waals surface area contributed by atoms with Crippen LogP contribution in [-0.4, -0.2) is 34.0 Å². The minimum Gasteiger partial charge on any atom is -0.352 e. The summed E-state index contributed by atoms with van der Waals surface area (Å²) >= 11 is 0. The van der Waals surface area contributed by atoms with E-state index in [0.717, 1.165) is 18.7 Å². The number of nitrogens with one attached hydrogen (secondary N) is 2. The second-order valence-corrected chi connectivity index (χ2v) is 8.00. The summed E-state index contributed by atoms with van der Waals surface area (Å²) in [7, 11) is -3.48. The van der Waals surface area contributed by atoms with Gasteiger partial charge in [0.05, 0.1) is 10.6 Å². The third-order valence-electron chi connectivity index (χ3n) is 4.07. The normalized spacial score (nSPS) is 14.8. The molecule has 0 unspecified atom stereocenters. The van der Waals surface area contributed by atoms with E-state index < -0.39 is 9.84 Å². The zero-order valence-corrected chi connectivity index (χ0v) is 14.1. The smallest absolute Gasteiger partial charge is 0.251 e. The van der Waals surface area contributed by atoms with E-state index in [1.807, 2.05) is 18.2 Å². The second-order valence-electron chi connectivity index (χ2n) is 6.01. The van der Waals surface area contributed by atoms with Crippen LogP contribution in [0.3, 0.4) is 0 Å². The fourth-order valence-electron chi connectivity index (χ4n) is 2.54. The SMILES string of the molecule is O=C(NCC1CNC1)c1cccc(S(=O)(=O)Cc2ccccc2)c1. The molecule has 24 heavy (non-hydrogen) atoms. The van der Waals surface area contributed by atoms with E-state index >= 15 is 0 Å². The first kappa shape index (κ1) is 16.7. The monoisotopic (exact) mass is 344 g/mol. The van der Waals surface area contributed by atoms with Crippen molar-refractivity contribution >= 4 is 15.7 Å². The largest absolute Gasteiger partial charge is 0.352 e. The molecular formula is C18H20N2O3S. The van der Waals surface area contributed by atoms with E-state index in [4.69, 9.17) is 0 Å². The summed E-state index contributed by atoms with van der Waals surface area (Å²) in [5, 5.41) is 6.00. The van der Waals surface area contributed by atoms with E-state index in [9.17, 15) is 13.2 Å². The zero-order chi connectivity index (χ0) is 17.0. The summed E-state index contributed by atoms with van der Waals surface area (Å²) in [5.41, 5.74) is 1.10. The Morgan fingerprint density at radius 1 is 1.08 bits per heavy atom. The van der Waals surface area contributed by atoms with Gasteiger partial charge in [-0.2, -0.15) is 0 Å². The fraction of sp³-hybridized carbons (Fsp3) is 0.278. The van der Waals surface area contributed by atoms with Crippen LogP contribution in [0.2, 0.25) is 0 Å². The molecule has 0 spiro atoms. The molecule has 0 atom stereocenters. The molecule has 1 amide bonds. The van der Waals surface area contributed by atoms with Gasteiger partial charge in [0.25, 0.3) is 5.91 Å². The number of amides is 1. The molecule has 0 aromatic heterocycles. The Hall–Kier alpha value is -2.18. The van der Waals surface area contributed by atoms with Crippen molar-refractivity contribution < 1.29 is 13.2 Å². The molecular weight excluding hydrogens is 324 g/mol. The molecule has 0 radical (unpaired) electrons. The van der Waals surface area contributed by atoms with Crippen molar-refractivity contribution in [3.63, 3.8) is 0 Å². The number of hydrogen-bond donors (Lipinski definition) is 2. The van der Waals surface area contributed by atoms with Crippen molar-refractivity contribution in [2.75, 3.05) is 19.6 Å². The van der Waals surface area contributed by atoms with Gasteiger partial charge in [-0.05, 0) is 23.8 Å². The van der Waals surface area contributed by atoms with E-state index in [2.05, 4.69) is 10.6 Å². The fourth-order valence-corrected chi connectivity index (χ4v) is 3.93. The Labute approximate surface area is 142 Å². The predicted octanol–water partition coefficient (Wildman–Crippen LogP) is 1.61. The predicted molar refractivity (Wildman–Crippen MR) is 92.5 cm³/mol. The molecule has 0 saturated carbocycles. The highest BCUT2D eigenvalue weighted by atomic mass is 32.2. The van der Waals surface area contributed by atoms with Gasteiger partial charge in [-0.1, -0.05) is 36.4 Å². The van der Waals surface area contributed by atoms with Crippen molar-refractivity contribution in [2.45, 2.75) is 10.6 Å². The molecule has 6 heteroatoms. The maximum Gasteiger partial charge on any atom is 0.251 e.